The third kappa shape index (κ3) is 21.2. The van der Waals surface area contributed by atoms with E-state index in [4.69, 9.17) is 38.3 Å². The summed E-state index contributed by atoms with van der Waals surface area (Å²) >= 11 is 0. The second-order valence-corrected chi connectivity index (χ2v) is 20.6. The second kappa shape index (κ2) is 32.4. The number of rotatable bonds is 34. The van der Waals surface area contributed by atoms with Gasteiger partial charge in [0.05, 0.1) is 49.8 Å². The predicted octanol–water partition coefficient (Wildman–Crippen LogP) is 7.81. The number of carbonyl (C=O) groups excluding carboxylic acids is 1. The molecule has 3 rings (SSSR count). The number of carbonyl (C=O) groups is 2. The summed E-state index contributed by atoms with van der Waals surface area (Å²) in [5, 5.41) is 63.4. The topological polar surface area (TPSA) is 220 Å². The highest BCUT2D eigenvalue weighted by Gasteiger charge is 2.50. The Labute approximate surface area is 397 Å². The van der Waals surface area contributed by atoms with Crippen molar-refractivity contribution in [3.8, 4) is 0 Å². The SMILES string of the molecule is CCCCCCC(CCCC(O)CCCCCCCCCCCCCC(O)C(=O)O)O[C@@H]1OC[C@@H](C)[C@H](O)[C@H]1O[C@@H]1OC[C@@H](C)[C@H](O)[C@H]1O[C@@H]1O[C@H](COC(=O)CC(C)C)[C@@H](C)[C@H](O)[C@H]1C. The van der Waals surface area contributed by atoms with Gasteiger partial charge >= 0.3 is 11.9 Å². The van der Waals surface area contributed by atoms with Crippen LogP contribution in [0.25, 0.3) is 0 Å². The van der Waals surface area contributed by atoms with Crippen molar-refractivity contribution < 1.29 is 73.4 Å². The summed E-state index contributed by atoms with van der Waals surface area (Å²) in [7, 11) is 0. The standard InChI is InChI=1S/C51H94O15/c1-8-9-10-21-26-39(27-23-25-38(52)24-20-18-16-14-12-11-13-15-17-19-22-28-40(53)48(58)59)63-50-46(43(55)34(4)30-61-50)66-51-47(44(56)35(5)31-62-51)65-49-37(7)45(57)36(6)41(64-49)32-60-42(54)29-33(2)3/h33-41,43-47,49-53,55-57H,8-32H2,1-7H3,(H,58,59)/t34-,35-,36-,37-,38?,39?,40?,41-,43+,44+,45+,46-,47-,49+,50+,51+/m1/s1. The van der Waals surface area contributed by atoms with Crippen LogP contribution >= 0.6 is 0 Å². The fourth-order valence-electron chi connectivity index (χ4n) is 9.30. The number of aliphatic hydroxyl groups is 5. The van der Waals surface area contributed by atoms with Gasteiger partial charge in [-0.2, -0.15) is 0 Å². The Kier molecular flexibility index (Phi) is 28.9. The summed E-state index contributed by atoms with van der Waals surface area (Å²) in [6.07, 6.45) is 10.3. The van der Waals surface area contributed by atoms with Gasteiger partial charge in [0.2, 0.25) is 0 Å². The third-order valence-corrected chi connectivity index (χ3v) is 14.0. The number of esters is 1. The maximum Gasteiger partial charge on any atom is 0.332 e. The fraction of sp³-hybridized carbons (Fsp3) is 0.961. The minimum Gasteiger partial charge on any atom is -0.479 e. The summed E-state index contributed by atoms with van der Waals surface area (Å²) in [6.45, 7) is 13.9. The van der Waals surface area contributed by atoms with Crippen molar-refractivity contribution in [2.75, 3.05) is 19.8 Å². The highest BCUT2D eigenvalue weighted by atomic mass is 16.8. The molecule has 0 aliphatic carbocycles. The molecule has 388 valence electrons. The van der Waals surface area contributed by atoms with E-state index in [9.17, 15) is 35.1 Å². The van der Waals surface area contributed by atoms with Gasteiger partial charge in [0.1, 0.15) is 18.8 Å². The molecule has 66 heavy (non-hydrogen) atoms. The van der Waals surface area contributed by atoms with E-state index in [2.05, 4.69) is 6.92 Å². The van der Waals surface area contributed by atoms with Gasteiger partial charge in [0.15, 0.2) is 25.0 Å². The first-order valence-electron chi connectivity index (χ1n) is 26.2. The number of ether oxygens (including phenoxy) is 7. The molecule has 0 bridgehead atoms. The van der Waals surface area contributed by atoms with E-state index in [1.807, 2.05) is 41.5 Å². The number of aliphatic hydroxyl groups excluding tert-OH is 5. The minimum absolute atomic E-state index is 0.0447. The van der Waals surface area contributed by atoms with Crippen molar-refractivity contribution in [1.29, 1.82) is 0 Å². The zero-order valence-corrected chi connectivity index (χ0v) is 41.9. The Balaban J connectivity index is 1.52. The molecular weight excluding hydrogens is 853 g/mol. The van der Waals surface area contributed by atoms with Crippen LogP contribution in [0.5, 0.6) is 0 Å². The van der Waals surface area contributed by atoms with E-state index in [1.54, 1.807) is 0 Å². The number of hydrogen-bond acceptors (Lipinski definition) is 14. The molecule has 3 fully saturated rings. The van der Waals surface area contributed by atoms with Gasteiger partial charge in [-0.25, -0.2) is 4.79 Å². The zero-order chi connectivity index (χ0) is 48.6. The lowest BCUT2D eigenvalue weighted by atomic mass is 9.86. The van der Waals surface area contributed by atoms with E-state index in [-0.39, 0.29) is 68.1 Å². The van der Waals surface area contributed by atoms with Crippen molar-refractivity contribution in [3.05, 3.63) is 0 Å². The van der Waals surface area contributed by atoms with Gasteiger partial charge in [0.25, 0.3) is 0 Å². The van der Waals surface area contributed by atoms with Crippen molar-refractivity contribution in [1.82, 2.24) is 0 Å². The fourth-order valence-corrected chi connectivity index (χ4v) is 9.30. The quantitative estimate of drug-likeness (QED) is 0.0268. The van der Waals surface area contributed by atoms with Crippen molar-refractivity contribution in [2.24, 2.45) is 29.6 Å². The van der Waals surface area contributed by atoms with E-state index >= 15 is 0 Å². The van der Waals surface area contributed by atoms with E-state index < -0.39 is 73.5 Å². The van der Waals surface area contributed by atoms with Crippen LogP contribution in [0.15, 0.2) is 0 Å². The second-order valence-electron chi connectivity index (χ2n) is 20.6. The van der Waals surface area contributed by atoms with Gasteiger partial charge in [-0.15, -0.1) is 0 Å². The van der Waals surface area contributed by atoms with Crippen LogP contribution in [0, 0.1) is 29.6 Å². The van der Waals surface area contributed by atoms with Crippen molar-refractivity contribution in [2.45, 2.75) is 264 Å². The molecule has 0 radical (unpaired) electrons. The van der Waals surface area contributed by atoms with Crippen LogP contribution in [0.3, 0.4) is 0 Å². The van der Waals surface area contributed by atoms with E-state index in [1.165, 1.54) is 25.7 Å². The smallest absolute Gasteiger partial charge is 0.332 e. The first-order chi connectivity index (χ1) is 31.5. The summed E-state index contributed by atoms with van der Waals surface area (Å²) < 4.78 is 44.1. The van der Waals surface area contributed by atoms with Crippen molar-refractivity contribution >= 4 is 11.9 Å². The Morgan fingerprint density at radius 3 is 1.67 bits per heavy atom. The molecule has 3 unspecified atom stereocenters. The van der Waals surface area contributed by atoms with Crippen LogP contribution in [0.4, 0.5) is 0 Å². The first-order valence-corrected chi connectivity index (χ1v) is 26.2. The Hall–Kier alpha value is -1.50. The molecule has 3 aliphatic heterocycles. The monoisotopic (exact) mass is 947 g/mol. The van der Waals surface area contributed by atoms with Gasteiger partial charge in [0, 0.05) is 30.1 Å². The third-order valence-electron chi connectivity index (χ3n) is 14.0. The lowest BCUT2D eigenvalue weighted by Gasteiger charge is -2.47. The largest absolute Gasteiger partial charge is 0.479 e. The maximum atomic E-state index is 12.4. The molecule has 15 nitrogen and oxygen atoms in total. The van der Waals surface area contributed by atoms with Crippen molar-refractivity contribution in [3.63, 3.8) is 0 Å². The molecule has 3 heterocycles. The number of carboxylic acid groups (broad SMARTS) is 1. The molecule has 0 saturated carbocycles. The number of unbranched alkanes of at least 4 members (excludes halogenated alkanes) is 13. The van der Waals surface area contributed by atoms with Gasteiger partial charge in [-0.05, 0) is 44.4 Å². The summed E-state index contributed by atoms with van der Waals surface area (Å²) in [4.78, 5) is 23.1. The summed E-state index contributed by atoms with van der Waals surface area (Å²) in [5.41, 5.74) is 0. The lowest BCUT2D eigenvalue weighted by molar-refractivity contribution is -0.369. The molecular formula is C51H94O15. The van der Waals surface area contributed by atoms with Gasteiger partial charge in [-0.3, -0.25) is 4.79 Å². The normalized spacial score (nSPS) is 32.0. The molecule has 6 N–H and O–H groups in total. The van der Waals surface area contributed by atoms with Crippen LogP contribution in [-0.4, -0.2) is 136 Å². The predicted molar refractivity (Wildman–Crippen MR) is 250 cm³/mol. The summed E-state index contributed by atoms with van der Waals surface area (Å²) in [6, 6.07) is 0. The Morgan fingerprint density at radius 2 is 1.09 bits per heavy atom. The highest BCUT2D eigenvalue weighted by Crippen LogP contribution is 2.36. The zero-order valence-electron chi connectivity index (χ0n) is 41.9. The molecule has 0 aromatic rings. The molecule has 0 amide bonds. The van der Waals surface area contributed by atoms with Crippen LogP contribution < -0.4 is 0 Å². The average molecular weight is 947 g/mol. The van der Waals surface area contributed by atoms with E-state index in [0.29, 0.717) is 12.8 Å². The molecule has 3 saturated heterocycles. The Morgan fingerprint density at radius 1 is 0.606 bits per heavy atom. The number of hydrogen-bond donors (Lipinski definition) is 6. The lowest BCUT2D eigenvalue weighted by Crippen LogP contribution is -2.60. The number of carboxylic acids is 1. The molecule has 16 atom stereocenters. The van der Waals surface area contributed by atoms with Crippen LogP contribution in [-0.2, 0) is 42.7 Å². The molecule has 0 aromatic carbocycles. The highest BCUT2D eigenvalue weighted by molar-refractivity contribution is 5.71. The Bertz CT molecular complexity index is 1290. The number of aliphatic carboxylic acids is 1. The molecule has 3 aliphatic rings. The maximum absolute atomic E-state index is 12.4. The van der Waals surface area contributed by atoms with Crippen LogP contribution in [0.2, 0.25) is 0 Å². The van der Waals surface area contributed by atoms with Gasteiger partial charge in [-0.1, -0.05) is 145 Å². The first kappa shape index (κ1) is 58.8. The minimum atomic E-state index is -1.24. The summed E-state index contributed by atoms with van der Waals surface area (Å²) in [5.74, 6) is -2.77. The average Bonchev–Trinajstić information content (AvgIpc) is 3.27. The van der Waals surface area contributed by atoms with Gasteiger partial charge < -0.3 is 63.8 Å². The molecule has 0 spiro atoms. The molecule has 15 heteroatoms. The molecule has 0 aromatic heterocycles. The van der Waals surface area contributed by atoms with E-state index in [0.717, 1.165) is 96.3 Å². The van der Waals surface area contributed by atoms with Crippen LogP contribution in [0.1, 0.15) is 190 Å².